The second kappa shape index (κ2) is 8.70. The van der Waals surface area contributed by atoms with Gasteiger partial charge in [0, 0.05) is 12.1 Å². The van der Waals surface area contributed by atoms with E-state index < -0.39 is 21.5 Å². The minimum atomic E-state index is -4.01. The molecule has 1 heterocycles. The Balaban J connectivity index is 1.46. The van der Waals surface area contributed by atoms with Crippen LogP contribution in [0.5, 0.6) is 0 Å². The van der Waals surface area contributed by atoms with Gasteiger partial charge in [0.2, 0.25) is 0 Å². The summed E-state index contributed by atoms with van der Waals surface area (Å²) in [5.74, 6) is -0.380. The Hall–Kier alpha value is -2.67. The molecule has 7 heteroatoms. The SMILES string of the molecule is Cc1cccc(S(=O)(=O)NC(=O)C2(C)CCN2C(=O)c2ccc(C3CCCCC3)cc2)c1. The van der Waals surface area contributed by atoms with Crippen LogP contribution in [0.4, 0.5) is 0 Å². The maximum Gasteiger partial charge on any atom is 0.264 e. The number of sulfonamides is 1. The summed E-state index contributed by atoms with van der Waals surface area (Å²) < 4.78 is 27.5. The first kappa shape index (κ1) is 22.5. The summed E-state index contributed by atoms with van der Waals surface area (Å²) >= 11 is 0. The van der Waals surface area contributed by atoms with Crippen molar-refractivity contribution in [3.8, 4) is 0 Å². The van der Waals surface area contributed by atoms with Crippen molar-refractivity contribution in [2.24, 2.45) is 0 Å². The summed E-state index contributed by atoms with van der Waals surface area (Å²) in [6.07, 6.45) is 6.58. The molecule has 2 aromatic rings. The van der Waals surface area contributed by atoms with Crippen LogP contribution in [-0.2, 0) is 14.8 Å². The summed E-state index contributed by atoms with van der Waals surface area (Å²) in [5.41, 5.74) is 1.36. The Morgan fingerprint density at radius 3 is 2.31 bits per heavy atom. The van der Waals surface area contributed by atoms with Crippen LogP contribution >= 0.6 is 0 Å². The molecule has 0 bridgehead atoms. The summed E-state index contributed by atoms with van der Waals surface area (Å²) in [6.45, 7) is 3.82. The van der Waals surface area contributed by atoms with E-state index in [1.54, 1.807) is 26.0 Å². The van der Waals surface area contributed by atoms with Gasteiger partial charge < -0.3 is 4.90 Å². The van der Waals surface area contributed by atoms with E-state index in [1.807, 2.05) is 24.3 Å². The van der Waals surface area contributed by atoms with E-state index in [1.165, 1.54) is 54.7 Å². The van der Waals surface area contributed by atoms with E-state index in [0.29, 0.717) is 24.4 Å². The van der Waals surface area contributed by atoms with E-state index in [4.69, 9.17) is 0 Å². The number of amides is 2. The molecule has 0 spiro atoms. The minimum Gasteiger partial charge on any atom is -0.324 e. The van der Waals surface area contributed by atoms with Gasteiger partial charge in [-0.2, -0.15) is 0 Å². The molecule has 2 amide bonds. The third-order valence-corrected chi connectivity index (χ3v) is 8.24. The third kappa shape index (κ3) is 4.31. The first-order valence-corrected chi connectivity index (χ1v) is 12.7. The summed E-state index contributed by atoms with van der Waals surface area (Å²) in [5, 5.41) is 0. The van der Waals surface area contributed by atoms with E-state index in [0.717, 1.165) is 5.56 Å². The van der Waals surface area contributed by atoms with Crippen molar-refractivity contribution in [1.29, 1.82) is 0 Å². The molecule has 1 saturated carbocycles. The lowest BCUT2D eigenvalue weighted by Crippen LogP contribution is -2.67. The van der Waals surface area contributed by atoms with Crippen LogP contribution in [0.1, 0.15) is 72.9 Å². The van der Waals surface area contributed by atoms with Crippen LogP contribution in [0.3, 0.4) is 0 Å². The number of likely N-dealkylation sites (tertiary alicyclic amines) is 1. The normalized spacial score (nSPS) is 21.6. The van der Waals surface area contributed by atoms with Crippen molar-refractivity contribution < 1.29 is 18.0 Å². The quantitative estimate of drug-likeness (QED) is 0.736. The number of aryl methyl sites for hydroxylation is 1. The predicted molar refractivity (Wildman–Crippen MR) is 123 cm³/mol. The number of carbonyl (C=O) groups is 2. The first-order chi connectivity index (χ1) is 15.2. The van der Waals surface area contributed by atoms with Gasteiger partial charge in [-0.25, -0.2) is 13.1 Å². The molecule has 1 aliphatic heterocycles. The van der Waals surface area contributed by atoms with Gasteiger partial charge in [-0.05, 0) is 74.4 Å². The fourth-order valence-electron chi connectivity index (χ4n) is 4.68. The highest BCUT2D eigenvalue weighted by molar-refractivity contribution is 7.90. The Morgan fingerprint density at radius 2 is 1.72 bits per heavy atom. The Kier molecular flexibility index (Phi) is 6.12. The number of nitrogens with zero attached hydrogens (tertiary/aromatic N) is 1. The van der Waals surface area contributed by atoms with Crippen LogP contribution in [0.25, 0.3) is 0 Å². The highest BCUT2D eigenvalue weighted by Gasteiger charge is 2.50. The zero-order valence-corrected chi connectivity index (χ0v) is 19.5. The Labute approximate surface area is 190 Å². The smallest absolute Gasteiger partial charge is 0.264 e. The zero-order chi connectivity index (χ0) is 22.9. The molecule has 1 N–H and O–H groups in total. The molecule has 0 radical (unpaired) electrons. The fourth-order valence-corrected chi connectivity index (χ4v) is 5.86. The highest BCUT2D eigenvalue weighted by Crippen LogP contribution is 2.35. The Morgan fingerprint density at radius 1 is 1.03 bits per heavy atom. The number of benzene rings is 2. The van der Waals surface area contributed by atoms with Gasteiger partial charge >= 0.3 is 0 Å². The lowest BCUT2D eigenvalue weighted by molar-refractivity contribution is -0.135. The average molecular weight is 455 g/mol. The number of nitrogens with one attached hydrogen (secondary N) is 1. The van der Waals surface area contributed by atoms with Gasteiger partial charge in [0.05, 0.1) is 4.90 Å². The van der Waals surface area contributed by atoms with Crippen LogP contribution in [-0.4, -0.2) is 37.2 Å². The van der Waals surface area contributed by atoms with Crippen molar-refractivity contribution in [2.45, 2.75) is 68.7 Å². The van der Waals surface area contributed by atoms with E-state index in [2.05, 4.69) is 4.72 Å². The number of hydrogen-bond donors (Lipinski definition) is 1. The van der Waals surface area contributed by atoms with Gasteiger partial charge in [0.15, 0.2) is 0 Å². The standard InChI is InChI=1S/C25H30N2O4S/c1-18-7-6-10-22(17-18)32(30,31)26-24(29)25(2)15-16-27(25)23(28)21-13-11-20(12-14-21)19-8-4-3-5-9-19/h6-7,10-14,17,19H,3-5,8-9,15-16H2,1-2H3,(H,26,29). The van der Waals surface area contributed by atoms with Gasteiger partial charge in [0.1, 0.15) is 5.54 Å². The lowest BCUT2D eigenvalue weighted by atomic mass is 9.83. The largest absolute Gasteiger partial charge is 0.324 e. The zero-order valence-electron chi connectivity index (χ0n) is 18.6. The monoisotopic (exact) mass is 454 g/mol. The lowest BCUT2D eigenvalue weighted by Gasteiger charge is -2.48. The van der Waals surface area contributed by atoms with Crippen molar-refractivity contribution >= 4 is 21.8 Å². The highest BCUT2D eigenvalue weighted by atomic mass is 32.2. The molecule has 2 aliphatic rings. The molecule has 32 heavy (non-hydrogen) atoms. The van der Waals surface area contributed by atoms with Crippen LogP contribution in [0.2, 0.25) is 0 Å². The molecular formula is C25H30N2O4S. The summed E-state index contributed by atoms with van der Waals surface area (Å²) in [4.78, 5) is 27.5. The molecule has 2 aromatic carbocycles. The van der Waals surface area contributed by atoms with Crippen LogP contribution in [0, 0.1) is 6.92 Å². The summed E-state index contributed by atoms with van der Waals surface area (Å²) in [7, 11) is -4.01. The van der Waals surface area contributed by atoms with E-state index in [-0.39, 0.29) is 10.8 Å². The molecule has 1 saturated heterocycles. The molecule has 1 unspecified atom stereocenters. The molecule has 2 fully saturated rings. The molecule has 170 valence electrons. The van der Waals surface area contributed by atoms with Crippen molar-refractivity contribution in [1.82, 2.24) is 9.62 Å². The van der Waals surface area contributed by atoms with Gasteiger partial charge in [-0.15, -0.1) is 0 Å². The molecular weight excluding hydrogens is 424 g/mol. The van der Waals surface area contributed by atoms with Crippen molar-refractivity contribution in [3.63, 3.8) is 0 Å². The number of hydrogen-bond acceptors (Lipinski definition) is 4. The van der Waals surface area contributed by atoms with Crippen molar-refractivity contribution in [3.05, 3.63) is 65.2 Å². The maximum absolute atomic E-state index is 13.1. The van der Waals surface area contributed by atoms with Crippen LogP contribution in [0.15, 0.2) is 53.4 Å². The van der Waals surface area contributed by atoms with E-state index in [9.17, 15) is 18.0 Å². The second-order valence-electron chi connectivity index (χ2n) is 9.19. The van der Waals surface area contributed by atoms with Gasteiger partial charge in [0.25, 0.3) is 21.8 Å². The summed E-state index contributed by atoms with van der Waals surface area (Å²) in [6, 6.07) is 14.1. The maximum atomic E-state index is 13.1. The predicted octanol–water partition coefficient (Wildman–Crippen LogP) is 4.15. The number of carbonyl (C=O) groups excluding carboxylic acids is 2. The van der Waals surface area contributed by atoms with Gasteiger partial charge in [-0.1, -0.05) is 43.5 Å². The first-order valence-electron chi connectivity index (χ1n) is 11.3. The molecule has 6 nitrogen and oxygen atoms in total. The van der Waals surface area contributed by atoms with Crippen molar-refractivity contribution in [2.75, 3.05) is 6.54 Å². The average Bonchev–Trinajstić information content (AvgIpc) is 2.78. The minimum absolute atomic E-state index is 0.0324. The van der Waals surface area contributed by atoms with E-state index >= 15 is 0 Å². The third-order valence-electron chi connectivity index (χ3n) is 6.91. The topological polar surface area (TPSA) is 83.6 Å². The van der Waals surface area contributed by atoms with Gasteiger partial charge in [-0.3, -0.25) is 9.59 Å². The second-order valence-corrected chi connectivity index (χ2v) is 10.9. The molecule has 1 atom stereocenters. The van der Waals surface area contributed by atoms with Crippen LogP contribution < -0.4 is 4.72 Å². The fraction of sp³-hybridized carbons (Fsp3) is 0.440. The molecule has 0 aromatic heterocycles. The Bertz CT molecular complexity index is 1120. The number of rotatable bonds is 5. The molecule has 1 aliphatic carbocycles. The molecule has 4 rings (SSSR count).